The van der Waals surface area contributed by atoms with E-state index in [2.05, 4.69) is 31.9 Å². The van der Waals surface area contributed by atoms with Crippen molar-refractivity contribution in [1.29, 1.82) is 0 Å². The van der Waals surface area contributed by atoms with Crippen LogP contribution < -0.4 is 0 Å². The molecule has 1 aromatic heterocycles. The molecule has 172 valence electrons. The van der Waals surface area contributed by atoms with E-state index in [1.54, 1.807) is 17.5 Å². The predicted molar refractivity (Wildman–Crippen MR) is 126 cm³/mol. The Balaban J connectivity index is 1.68. The van der Waals surface area contributed by atoms with Crippen LogP contribution in [0.1, 0.15) is 32.9 Å². The molecule has 4 rings (SSSR count). The number of benzene rings is 1. The van der Waals surface area contributed by atoms with Crippen LogP contribution in [0, 0.1) is 22.0 Å². The number of carbonyl (C=O) groups excluding carboxylic acids is 4. The Kier molecular flexibility index (Phi) is 6.78. The molecule has 2 fully saturated rings. The largest absolute Gasteiger partial charge is 0.291 e. The molecule has 1 aliphatic heterocycles. The first-order valence-corrected chi connectivity index (χ1v) is 12.7. The van der Waals surface area contributed by atoms with E-state index in [0.29, 0.717) is 17.7 Å². The molecule has 3 amide bonds. The molecule has 0 radical (unpaired) electrons. The molecule has 0 spiro atoms. The molecule has 1 aromatic carbocycles. The summed E-state index contributed by atoms with van der Waals surface area (Å²) in [7, 11) is 0. The summed E-state index contributed by atoms with van der Waals surface area (Å²) in [5, 5.41) is 14.3. The standard InChI is InChI=1S/C21H17Br2N3O6S/c22-15-8-13-14(9-16(15)23)21(30)25(20(13)29)24(10-17(27)18-2-1-7-33-18)19(28)11-3-5-12(6-4-11)26(31)32/h1-7,13-16H,8-10H2/t13-,14+,15+,16-. The van der Waals surface area contributed by atoms with Gasteiger partial charge in [0.25, 0.3) is 23.4 Å². The third kappa shape index (κ3) is 4.51. The zero-order valence-electron chi connectivity index (χ0n) is 16.9. The number of nitro groups is 1. The molecule has 2 aliphatic rings. The van der Waals surface area contributed by atoms with Gasteiger partial charge >= 0.3 is 0 Å². The van der Waals surface area contributed by atoms with E-state index < -0.39 is 46.8 Å². The molecule has 0 N–H and O–H groups in total. The van der Waals surface area contributed by atoms with Gasteiger partial charge in [-0.25, -0.2) is 5.01 Å². The highest BCUT2D eigenvalue weighted by molar-refractivity contribution is 9.12. The molecular weight excluding hydrogens is 582 g/mol. The topological polar surface area (TPSA) is 118 Å². The summed E-state index contributed by atoms with van der Waals surface area (Å²) < 4.78 is 0. The minimum atomic E-state index is -0.763. The maximum Gasteiger partial charge on any atom is 0.273 e. The first-order valence-electron chi connectivity index (χ1n) is 9.98. The highest BCUT2D eigenvalue weighted by atomic mass is 79.9. The van der Waals surface area contributed by atoms with Crippen LogP contribution in [0.25, 0.3) is 0 Å². The molecule has 0 bridgehead atoms. The number of fused-ring (bicyclic) bond motifs is 1. The lowest BCUT2D eigenvalue weighted by Gasteiger charge is -2.29. The number of hydrogen-bond donors (Lipinski definition) is 0. The average molecular weight is 599 g/mol. The first kappa shape index (κ1) is 23.7. The predicted octanol–water partition coefficient (Wildman–Crippen LogP) is 3.82. The number of imide groups is 1. The number of non-ortho nitro benzene ring substituents is 1. The smallest absolute Gasteiger partial charge is 0.273 e. The molecule has 2 heterocycles. The Morgan fingerprint density at radius 2 is 1.64 bits per heavy atom. The second kappa shape index (κ2) is 9.43. The number of nitrogens with zero attached hydrogens (tertiary/aromatic N) is 3. The van der Waals surface area contributed by atoms with Gasteiger partial charge in [-0.2, -0.15) is 5.01 Å². The third-order valence-corrected chi connectivity index (χ3v) is 9.42. The van der Waals surface area contributed by atoms with Crippen molar-refractivity contribution in [2.75, 3.05) is 6.54 Å². The first-order chi connectivity index (χ1) is 15.7. The van der Waals surface area contributed by atoms with Gasteiger partial charge in [0.05, 0.1) is 21.6 Å². The lowest BCUT2D eigenvalue weighted by molar-refractivity contribution is -0.384. The number of hydrazine groups is 1. The van der Waals surface area contributed by atoms with Crippen LogP contribution >= 0.6 is 43.2 Å². The molecule has 12 heteroatoms. The Morgan fingerprint density at radius 3 is 2.12 bits per heavy atom. The van der Waals surface area contributed by atoms with Crippen LogP contribution in [0.2, 0.25) is 0 Å². The van der Waals surface area contributed by atoms with E-state index in [1.807, 2.05) is 0 Å². The summed E-state index contributed by atoms with van der Waals surface area (Å²) in [5.41, 5.74) is -0.189. The summed E-state index contributed by atoms with van der Waals surface area (Å²) in [6.07, 6.45) is 0.834. The fourth-order valence-electron chi connectivity index (χ4n) is 4.07. The van der Waals surface area contributed by atoms with Gasteiger partial charge in [-0.15, -0.1) is 11.3 Å². The zero-order valence-corrected chi connectivity index (χ0v) is 20.9. The number of carbonyl (C=O) groups is 4. The zero-order chi connectivity index (χ0) is 23.9. The Morgan fingerprint density at radius 1 is 1.06 bits per heavy atom. The van der Waals surface area contributed by atoms with Crippen LogP contribution in [0.3, 0.4) is 0 Å². The summed E-state index contributed by atoms with van der Waals surface area (Å²) >= 11 is 8.24. The average Bonchev–Trinajstić information content (AvgIpc) is 3.41. The van der Waals surface area contributed by atoms with E-state index in [1.165, 1.54) is 23.5 Å². The summed E-state index contributed by atoms with van der Waals surface area (Å²) in [5.74, 6) is -3.43. The lowest BCUT2D eigenvalue weighted by atomic mass is 9.81. The normalized spacial score (nSPS) is 24.5. The SMILES string of the molecule is O=C(CN(C(=O)c1ccc([N+](=O)[O-])cc1)N1C(=O)[C@H]2C[C@@H](Br)[C@@H](Br)C[C@H]2C1=O)c1cccs1. The minimum Gasteiger partial charge on any atom is -0.291 e. The van der Waals surface area contributed by atoms with Crippen LogP contribution in [-0.2, 0) is 9.59 Å². The molecule has 1 aliphatic carbocycles. The van der Waals surface area contributed by atoms with Crippen molar-refractivity contribution in [1.82, 2.24) is 10.0 Å². The number of thiophene rings is 1. The van der Waals surface area contributed by atoms with Gasteiger partial charge in [0.2, 0.25) is 0 Å². The monoisotopic (exact) mass is 597 g/mol. The highest BCUT2D eigenvalue weighted by Gasteiger charge is 2.54. The number of halogens is 2. The van der Waals surface area contributed by atoms with Crippen molar-refractivity contribution in [2.24, 2.45) is 11.8 Å². The molecule has 0 unspecified atom stereocenters. The van der Waals surface area contributed by atoms with Gasteiger partial charge < -0.3 is 0 Å². The van der Waals surface area contributed by atoms with Crippen molar-refractivity contribution >= 4 is 72.4 Å². The Labute approximate surface area is 209 Å². The number of alkyl halides is 2. The van der Waals surface area contributed by atoms with Crippen molar-refractivity contribution in [3.8, 4) is 0 Å². The van der Waals surface area contributed by atoms with Crippen LogP contribution in [0.5, 0.6) is 0 Å². The van der Waals surface area contributed by atoms with Gasteiger partial charge in [0.1, 0.15) is 6.54 Å². The summed E-state index contributed by atoms with van der Waals surface area (Å²) in [4.78, 5) is 63.5. The fraction of sp³-hybridized carbons (Fsp3) is 0.333. The van der Waals surface area contributed by atoms with E-state index in [4.69, 9.17) is 0 Å². The fourth-order valence-corrected chi connectivity index (χ4v) is 5.97. The van der Waals surface area contributed by atoms with Crippen LogP contribution in [0.4, 0.5) is 5.69 Å². The van der Waals surface area contributed by atoms with Crippen LogP contribution in [0.15, 0.2) is 41.8 Å². The summed E-state index contributed by atoms with van der Waals surface area (Å²) in [6.45, 7) is -0.511. The second-order valence-corrected chi connectivity index (χ2v) is 11.1. The van der Waals surface area contributed by atoms with Gasteiger partial charge in [0, 0.05) is 27.4 Å². The van der Waals surface area contributed by atoms with E-state index in [-0.39, 0.29) is 20.9 Å². The molecule has 4 atom stereocenters. The quantitative estimate of drug-likeness (QED) is 0.164. The third-order valence-electron chi connectivity index (χ3n) is 5.78. The van der Waals surface area contributed by atoms with Crippen LogP contribution in [-0.4, -0.2) is 54.6 Å². The number of hydrogen-bond acceptors (Lipinski definition) is 7. The second-order valence-electron chi connectivity index (χ2n) is 7.77. The van der Waals surface area contributed by atoms with Gasteiger partial charge in [-0.1, -0.05) is 37.9 Å². The van der Waals surface area contributed by atoms with Gasteiger partial charge in [-0.3, -0.25) is 29.3 Å². The Bertz CT molecular complexity index is 1100. The molecule has 9 nitrogen and oxygen atoms in total. The Hall–Kier alpha value is -2.44. The maximum atomic E-state index is 13.4. The lowest BCUT2D eigenvalue weighted by Crippen LogP contribution is -2.52. The number of nitro benzene ring substituents is 1. The minimum absolute atomic E-state index is 0.0120. The van der Waals surface area contributed by atoms with E-state index in [0.717, 1.165) is 22.2 Å². The number of rotatable bonds is 6. The summed E-state index contributed by atoms with van der Waals surface area (Å²) in [6, 6.07) is 8.08. The molecule has 2 aromatic rings. The van der Waals surface area contributed by atoms with E-state index >= 15 is 0 Å². The maximum absolute atomic E-state index is 13.4. The number of amides is 3. The van der Waals surface area contributed by atoms with Gasteiger partial charge in [-0.05, 0) is 36.4 Å². The molecular formula is C21H17Br2N3O6S. The van der Waals surface area contributed by atoms with Crippen molar-refractivity contribution < 1.29 is 24.1 Å². The van der Waals surface area contributed by atoms with Crippen molar-refractivity contribution in [2.45, 2.75) is 22.5 Å². The van der Waals surface area contributed by atoms with Gasteiger partial charge in [0.15, 0.2) is 5.78 Å². The van der Waals surface area contributed by atoms with Crippen molar-refractivity contribution in [3.05, 3.63) is 62.3 Å². The van der Waals surface area contributed by atoms with E-state index in [9.17, 15) is 29.3 Å². The highest BCUT2D eigenvalue weighted by Crippen LogP contribution is 2.43. The number of Topliss-reactive ketones (excluding diaryl/α,β-unsaturated/α-hetero) is 1. The molecule has 33 heavy (non-hydrogen) atoms. The molecule has 1 saturated carbocycles. The van der Waals surface area contributed by atoms with Crippen molar-refractivity contribution in [3.63, 3.8) is 0 Å². The number of ketones is 1. The molecule has 1 saturated heterocycles.